The van der Waals surface area contributed by atoms with Gasteiger partial charge in [-0.3, -0.25) is 14.9 Å². The maximum atomic E-state index is 12.3. The predicted molar refractivity (Wildman–Crippen MR) is 71.6 cm³/mol. The van der Waals surface area contributed by atoms with E-state index in [1.165, 1.54) is 19.2 Å². The van der Waals surface area contributed by atoms with E-state index in [0.717, 1.165) is 18.1 Å². The monoisotopic (exact) mass is 292 g/mol. The molecule has 1 atom stereocenters. The van der Waals surface area contributed by atoms with E-state index in [9.17, 15) is 24.8 Å². The van der Waals surface area contributed by atoms with E-state index >= 15 is 0 Å². The average molecular weight is 292 g/mol. The summed E-state index contributed by atoms with van der Waals surface area (Å²) in [6.07, 6.45) is 0. The second-order valence-corrected chi connectivity index (χ2v) is 4.50. The summed E-state index contributed by atoms with van der Waals surface area (Å²) >= 11 is 0. The summed E-state index contributed by atoms with van der Waals surface area (Å²) in [5.74, 6) is -1.80. The first-order valence-corrected chi connectivity index (χ1v) is 5.82. The second kappa shape index (κ2) is 4.67. The zero-order chi connectivity index (χ0) is 15.9. The van der Waals surface area contributed by atoms with Crippen molar-refractivity contribution in [2.45, 2.75) is 5.60 Å². The molecule has 2 rings (SSSR count). The highest BCUT2D eigenvalue weighted by molar-refractivity contribution is 6.13. The van der Waals surface area contributed by atoms with Crippen LogP contribution >= 0.6 is 0 Å². The number of ether oxygens (including phenoxy) is 1. The quantitative estimate of drug-likeness (QED) is 0.375. The van der Waals surface area contributed by atoms with Crippen LogP contribution in [-0.2, 0) is 19.9 Å². The fourth-order valence-corrected chi connectivity index (χ4v) is 2.25. The maximum Gasteiger partial charge on any atom is 0.336 e. The number of carbonyl (C=O) groups excluding carboxylic acids is 2. The van der Waals surface area contributed by atoms with Crippen LogP contribution in [0.25, 0.3) is 0 Å². The van der Waals surface area contributed by atoms with Crippen LogP contribution < -0.4 is 4.90 Å². The Kier molecular flexibility index (Phi) is 3.26. The first kappa shape index (κ1) is 14.7. The van der Waals surface area contributed by atoms with Crippen LogP contribution in [0, 0.1) is 10.1 Å². The van der Waals surface area contributed by atoms with Crippen molar-refractivity contribution >= 4 is 23.3 Å². The van der Waals surface area contributed by atoms with Crippen LogP contribution in [0.2, 0.25) is 0 Å². The molecule has 21 heavy (non-hydrogen) atoms. The molecule has 1 N–H and O–H groups in total. The van der Waals surface area contributed by atoms with Crippen LogP contribution in [0.4, 0.5) is 11.4 Å². The molecule has 1 aliphatic heterocycles. The number of hydrogen-bond acceptors (Lipinski definition) is 6. The number of likely N-dealkylation sites (N-methyl/N-ethyl adjacent to an activating group) is 1. The van der Waals surface area contributed by atoms with Gasteiger partial charge in [-0.1, -0.05) is 6.58 Å². The third-order valence-corrected chi connectivity index (χ3v) is 3.42. The SMILES string of the molecule is C=C(C(=O)OC)C1(O)C(=O)N(C)c2ccc([N+](=O)[O-])cc21. The number of aliphatic hydroxyl groups is 1. The molecule has 0 spiro atoms. The number of amides is 1. The molecule has 110 valence electrons. The van der Waals surface area contributed by atoms with Crippen molar-refractivity contribution in [1.29, 1.82) is 0 Å². The number of fused-ring (bicyclic) bond motifs is 1. The predicted octanol–water partition coefficient (Wildman–Crippen LogP) is 0.488. The Morgan fingerprint density at radius 3 is 2.67 bits per heavy atom. The number of anilines is 1. The Morgan fingerprint density at radius 2 is 2.14 bits per heavy atom. The van der Waals surface area contributed by atoms with Gasteiger partial charge in [-0.25, -0.2) is 4.79 Å². The molecular weight excluding hydrogens is 280 g/mol. The van der Waals surface area contributed by atoms with Crippen LogP contribution in [-0.4, -0.2) is 36.1 Å². The van der Waals surface area contributed by atoms with Crippen LogP contribution in [0.15, 0.2) is 30.4 Å². The molecule has 0 fully saturated rings. The molecule has 1 unspecified atom stereocenters. The standard InChI is InChI=1S/C13H12N2O6/c1-7(11(16)21-3)13(18)9-6-8(15(19)20)4-5-10(9)14(2)12(13)17/h4-6,18H,1H2,2-3H3. The summed E-state index contributed by atoms with van der Waals surface area (Å²) < 4.78 is 4.46. The first-order chi connectivity index (χ1) is 9.75. The molecular formula is C13H12N2O6. The van der Waals surface area contributed by atoms with Crippen molar-refractivity contribution in [3.8, 4) is 0 Å². The third kappa shape index (κ3) is 1.88. The first-order valence-electron chi connectivity index (χ1n) is 5.82. The Balaban J connectivity index is 2.68. The van der Waals surface area contributed by atoms with Crippen molar-refractivity contribution in [3.63, 3.8) is 0 Å². The molecule has 1 amide bonds. The van der Waals surface area contributed by atoms with Gasteiger partial charge < -0.3 is 14.7 Å². The van der Waals surface area contributed by atoms with Gasteiger partial charge in [0.15, 0.2) is 0 Å². The van der Waals surface area contributed by atoms with Gasteiger partial charge in [0.2, 0.25) is 5.60 Å². The highest BCUT2D eigenvalue weighted by atomic mass is 16.6. The lowest BCUT2D eigenvalue weighted by Crippen LogP contribution is -2.42. The lowest BCUT2D eigenvalue weighted by Gasteiger charge is -2.22. The van der Waals surface area contributed by atoms with E-state index < -0.39 is 28.0 Å². The number of rotatable bonds is 3. The minimum atomic E-state index is -2.37. The molecule has 0 saturated heterocycles. The molecule has 0 aliphatic carbocycles. The van der Waals surface area contributed by atoms with E-state index in [4.69, 9.17) is 0 Å². The summed E-state index contributed by atoms with van der Waals surface area (Å²) in [5.41, 5.74) is -2.99. The molecule has 0 aromatic heterocycles. The lowest BCUT2D eigenvalue weighted by molar-refractivity contribution is -0.385. The molecule has 1 aliphatic rings. The zero-order valence-electron chi connectivity index (χ0n) is 11.3. The van der Waals surface area contributed by atoms with Crippen molar-refractivity contribution in [2.75, 3.05) is 19.1 Å². The van der Waals surface area contributed by atoms with Crippen molar-refractivity contribution in [3.05, 3.63) is 46.0 Å². The van der Waals surface area contributed by atoms with Crippen molar-refractivity contribution < 1.29 is 24.4 Å². The van der Waals surface area contributed by atoms with Gasteiger partial charge in [0.25, 0.3) is 11.6 Å². The summed E-state index contributed by atoms with van der Waals surface area (Å²) in [6.45, 7) is 3.40. The molecule has 1 heterocycles. The fraction of sp³-hybridized carbons (Fsp3) is 0.231. The average Bonchev–Trinajstić information content (AvgIpc) is 2.68. The Labute approximate surface area is 119 Å². The van der Waals surface area contributed by atoms with E-state index in [0.29, 0.717) is 0 Å². The van der Waals surface area contributed by atoms with Crippen LogP contribution in [0.1, 0.15) is 5.56 Å². The van der Waals surface area contributed by atoms with Gasteiger partial charge in [0.05, 0.1) is 23.3 Å². The van der Waals surface area contributed by atoms with E-state index in [1.807, 2.05) is 0 Å². The highest BCUT2D eigenvalue weighted by Gasteiger charge is 2.53. The summed E-state index contributed by atoms with van der Waals surface area (Å²) in [6, 6.07) is 3.58. The minimum Gasteiger partial charge on any atom is -0.466 e. The molecule has 1 aromatic rings. The summed E-state index contributed by atoms with van der Waals surface area (Å²) in [5, 5.41) is 21.5. The fourth-order valence-electron chi connectivity index (χ4n) is 2.25. The summed E-state index contributed by atoms with van der Waals surface area (Å²) in [7, 11) is 2.46. The number of nitro benzene ring substituents is 1. The van der Waals surface area contributed by atoms with Gasteiger partial charge >= 0.3 is 5.97 Å². The molecule has 8 nitrogen and oxygen atoms in total. The van der Waals surface area contributed by atoms with Crippen molar-refractivity contribution in [1.82, 2.24) is 0 Å². The number of carbonyl (C=O) groups is 2. The lowest BCUT2D eigenvalue weighted by atomic mass is 9.88. The van der Waals surface area contributed by atoms with E-state index in [-0.39, 0.29) is 16.9 Å². The van der Waals surface area contributed by atoms with Gasteiger partial charge in [-0.2, -0.15) is 0 Å². The topological polar surface area (TPSA) is 110 Å². The normalized spacial score (nSPS) is 20.1. The summed E-state index contributed by atoms with van der Waals surface area (Å²) in [4.78, 5) is 35.2. The van der Waals surface area contributed by atoms with Gasteiger partial charge in [-0.05, 0) is 6.07 Å². The number of methoxy groups -OCH3 is 1. The van der Waals surface area contributed by atoms with Crippen LogP contribution in [0.3, 0.4) is 0 Å². The number of esters is 1. The molecule has 0 radical (unpaired) electrons. The van der Waals surface area contributed by atoms with Crippen LogP contribution in [0.5, 0.6) is 0 Å². The zero-order valence-corrected chi connectivity index (χ0v) is 11.3. The Bertz CT molecular complexity index is 683. The molecule has 0 saturated carbocycles. The number of non-ortho nitro benzene ring substituents is 1. The number of hydrogen-bond donors (Lipinski definition) is 1. The second-order valence-electron chi connectivity index (χ2n) is 4.50. The molecule has 1 aromatic carbocycles. The smallest absolute Gasteiger partial charge is 0.336 e. The number of nitro groups is 1. The maximum absolute atomic E-state index is 12.3. The molecule has 8 heteroatoms. The van der Waals surface area contributed by atoms with E-state index in [1.54, 1.807) is 0 Å². The highest BCUT2D eigenvalue weighted by Crippen LogP contribution is 2.45. The largest absolute Gasteiger partial charge is 0.466 e. The Morgan fingerprint density at radius 1 is 1.52 bits per heavy atom. The third-order valence-electron chi connectivity index (χ3n) is 3.42. The van der Waals surface area contributed by atoms with E-state index in [2.05, 4.69) is 11.3 Å². The molecule has 0 bridgehead atoms. The van der Waals surface area contributed by atoms with Gasteiger partial charge in [-0.15, -0.1) is 0 Å². The van der Waals surface area contributed by atoms with Crippen molar-refractivity contribution in [2.24, 2.45) is 0 Å². The van der Waals surface area contributed by atoms with Gasteiger partial charge in [0.1, 0.15) is 0 Å². The van der Waals surface area contributed by atoms with Gasteiger partial charge in [0, 0.05) is 24.7 Å². The Hall–Kier alpha value is -2.74. The minimum absolute atomic E-state index is 0.0698. The number of nitrogens with zero attached hydrogens (tertiary/aromatic N) is 2. The number of benzene rings is 1.